The molecule has 0 saturated carbocycles. The van der Waals surface area contributed by atoms with Crippen molar-refractivity contribution in [2.75, 3.05) is 20.2 Å². The van der Waals surface area contributed by atoms with Gasteiger partial charge in [-0.3, -0.25) is 4.79 Å². The predicted octanol–water partition coefficient (Wildman–Crippen LogP) is 0.429. The van der Waals surface area contributed by atoms with Crippen molar-refractivity contribution in [3.8, 4) is 0 Å². The topological polar surface area (TPSA) is 50.4 Å². The molecule has 3 rings (SSSR count). The molecule has 2 aliphatic rings. The van der Waals surface area contributed by atoms with Crippen LogP contribution in [-0.2, 0) is 16.0 Å². The van der Waals surface area contributed by atoms with Crippen LogP contribution in [0.5, 0.6) is 0 Å². The van der Waals surface area contributed by atoms with Crippen molar-refractivity contribution in [2.24, 2.45) is 0 Å². The summed E-state index contributed by atoms with van der Waals surface area (Å²) < 4.78 is 5.35. The molecule has 1 aromatic rings. The second-order valence-electron chi connectivity index (χ2n) is 5.00. The summed E-state index contributed by atoms with van der Waals surface area (Å²) in [6.45, 7) is 1.60. The average Bonchev–Trinajstić information content (AvgIpc) is 2.78. The van der Waals surface area contributed by atoms with Crippen LogP contribution in [0.4, 0.5) is 0 Å². The van der Waals surface area contributed by atoms with Gasteiger partial charge in [0.25, 0.3) is 0 Å². The van der Waals surface area contributed by atoms with Gasteiger partial charge in [0.2, 0.25) is 5.91 Å². The molecule has 3 atom stereocenters. The maximum absolute atomic E-state index is 12.2. The Kier molecular flexibility index (Phi) is 3.06. The van der Waals surface area contributed by atoms with Crippen molar-refractivity contribution in [1.82, 2.24) is 10.6 Å². The first-order chi connectivity index (χ1) is 8.79. The summed E-state index contributed by atoms with van der Waals surface area (Å²) in [7, 11) is 1.69. The number of hydrogen-bond donors (Lipinski definition) is 2. The number of carbonyl (C=O) groups excluding carboxylic acids is 1. The Hall–Kier alpha value is -1.39. The number of rotatable bonds is 3. The van der Waals surface area contributed by atoms with Crippen LogP contribution in [0.2, 0.25) is 0 Å². The summed E-state index contributed by atoms with van der Waals surface area (Å²) in [5.74, 6) is 0.156. The van der Waals surface area contributed by atoms with Gasteiger partial charge in [0.05, 0.1) is 18.1 Å². The highest BCUT2D eigenvalue weighted by Gasteiger charge is 2.35. The molecule has 0 bridgehead atoms. The van der Waals surface area contributed by atoms with Crippen molar-refractivity contribution in [2.45, 2.75) is 24.5 Å². The van der Waals surface area contributed by atoms with Gasteiger partial charge < -0.3 is 15.4 Å². The van der Waals surface area contributed by atoms with Crippen molar-refractivity contribution in [3.63, 3.8) is 0 Å². The van der Waals surface area contributed by atoms with Crippen LogP contribution >= 0.6 is 0 Å². The van der Waals surface area contributed by atoms with Gasteiger partial charge in [0.1, 0.15) is 0 Å². The van der Waals surface area contributed by atoms with E-state index in [9.17, 15) is 4.79 Å². The fourth-order valence-corrected chi connectivity index (χ4v) is 2.82. The molecule has 1 aliphatic carbocycles. The number of benzene rings is 1. The fraction of sp³-hybridized carbons (Fsp3) is 0.500. The van der Waals surface area contributed by atoms with E-state index in [-0.39, 0.29) is 24.0 Å². The number of amides is 1. The lowest BCUT2D eigenvalue weighted by Gasteiger charge is -2.30. The standard InChI is InChI=1S/C14H18N2O2/c1-18-13-8-15-7-12(13)16-14(17)11-6-9-4-2-3-5-10(9)11/h2-5,11-13,15H,6-8H2,1H3,(H,16,17)/t11?,12?,13-/m1/s1. The zero-order chi connectivity index (χ0) is 12.5. The molecule has 96 valence electrons. The highest BCUT2D eigenvalue weighted by atomic mass is 16.5. The summed E-state index contributed by atoms with van der Waals surface area (Å²) in [5.41, 5.74) is 2.47. The Balaban J connectivity index is 1.64. The van der Waals surface area contributed by atoms with Crippen LogP contribution in [0.1, 0.15) is 17.0 Å². The number of ether oxygens (including phenoxy) is 1. The number of hydrogen-bond acceptors (Lipinski definition) is 3. The van der Waals surface area contributed by atoms with Crippen molar-refractivity contribution in [1.29, 1.82) is 0 Å². The number of methoxy groups -OCH3 is 1. The van der Waals surface area contributed by atoms with Gasteiger partial charge in [-0.15, -0.1) is 0 Å². The highest BCUT2D eigenvalue weighted by Crippen LogP contribution is 2.34. The molecule has 1 heterocycles. The van der Waals surface area contributed by atoms with Gasteiger partial charge in [-0.25, -0.2) is 0 Å². The zero-order valence-electron chi connectivity index (χ0n) is 10.5. The Morgan fingerprint density at radius 2 is 2.22 bits per heavy atom. The molecule has 4 heteroatoms. The van der Waals surface area contributed by atoms with Gasteiger partial charge in [0.15, 0.2) is 0 Å². The van der Waals surface area contributed by atoms with Crippen LogP contribution in [0.25, 0.3) is 0 Å². The molecule has 0 spiro atoms. The lowest BCUT2D eigenvalue weighted by Crippen LogP contribution is -2.47. The molecule has 1 saturated heterocycles. The van der Waals surface area contributed by atoms with Crippen LogP contribution in [0, 0.1) is 0 Å². The van der Waals surface area contributed by atoms with E-state index in [0.717, 1.165) is 19.5 Å². The highest BCUT2D eigenvalue weighted by molar-refractivity contribution is 5.87. The van der Waals surface area contributed by atoms with E-state index in [0.29, 0.717) is 0 Å². The lowest BCUT2D eigenvalue weighted by atomic mass is 9.77. The summed E-state index contributed by atoms with van der Waals surface area (Å²) in [6, 6.07) is 8.25. The molecule has 0 radical (unpaired) electrons. The first-order valence-corrected chi connectivity index (χ1v) is 6.41. The Morgan fingerprint density at radius 1 is 1.39 bits per heavy atom. The molecule has 0 aromatic heterocycles. The van der Waals surface area contributed by atoms with E-state index in [1.54, 1.807) is 7.11 Å². The average molecular weight is 246 g/mol. The quantitative estimate of drug-likeness (QED) is 0.813. The Bertz CT molecular complexity index is 461. The molecule has 2 N–H and O–H groups in total. The summed E-state index contributed by atoms with van der Waals surface area (Å²) in [6.07, 6.45) is 0.948. The maximum atomic E-state index is 12.2. The number of fused-ring (bicyclic) bond motifs is 1. The molecule has 2 unspecified atom stereocenters. The Morgan fingerprint density at radius 3 is 3.00 bits per heavy atom. The third kappa shape index (κ3) is 1.91. The smallest absolute Gasteiger partial charge is 0.228 e. The van der Waals surface area contributed by atoms with Crippen molar-refractivity contribution in [3.05, 3.63) is 35.4 Å². The van der Waals surface area contributed by atoms with E-state index in [1.807, 2.05) is 18.2 Å². The predicted molar refractivity (Wildman–Crippen MR) is 68.5 cm³/mol. The molecule has 18 heavy (non-hydrogen) atoms. The third-order valence-corrected chi connectivity index (χ3v) is 3.96. The van der Waals surface area contributed by atoms with Crippen LogP contribution in [-0.4, -0.2) is 38.3 Å². The minimum absolute atomic E-state index is 0.0271. The van der Waals surface area contributed by atoms with Crippen LogP contribution in [0.3, 0.4) is 0 Å². The van der Waals surface area contributed by atoms with E-state index < -0.39 is 0 Å². The van der Waals surface area contributed by atoms with Crippen molar-refractivity contribution >= 4 is 5.91 Å². The van der Waals surface area contributed by atoms with Gasteiger partial charge >= 0.3 is 0 Å². The van der Waals surface area contributed by atoms with E-state index in [4.69, 9.17) is 4.74 Å². The first-order valence-electron chi connectivity index (χ1n) is 6.41. The normalized spacial score (nSPS) is 29.5. The van der Waals surface area contributed by atoms with Crippen molar-refractivity contribution < 1.29 is 9.53 Å². The summed E-state index contributed by atoms with van der Waals surface area (Å²) in [4.78, 5) is 12.2. The van der Waals surface area contributed by atoms with Gasteiger partial charge in [-0.05, 0) is 17.5 Å². The summed E-state index contributed by atoms with van der Waals surface area (Å²) >= 11 is 0. The Labute approximate surface area is 107 Å². The molecule has 1 fully saturated rings. The van der Waals surface area contributed by atoms with Crippen LogP contribution in [0.15, 0.2) is 24.3 Å². The fourth-order valence-electron chi connectivity index (χ4n) is 2.82. The van der Waals surface area contributed by atoms with Crippen LogP contribution < -0.4 is 10.6 Å². The first kappa shape index (κ1) is 11.7. The monoisotopic (exact) mass is 246 g/mol. The largest absolute Gasteiger partial charge is 0.378 e. The maximum Gasteiger partial charge on any atom is 0.228 e. The van der Waals surface area contributed by atoms with E-state index >= 15 is 0 Å². The minimum Gasteiger partial charge on any atom is -0.378 e. The molecule has 1 aromatic carbocycles. The number of carbonyl (C=O) groups is 1. The van der Waals surface area contributed by atoms with E-state index in [2.05, 4.69) is 16.7 Å². The molecule has 4 nitrogen and oxygen atoms in total. The molecule has 1 amide bonds. The molecular weight excluding hydrogens is 228 g/mol. The van der Waals surface area contributed by atoms with Gasteiger partial charge in [-0.2, -0.15) is 0 Å². The molecular formula is C14H18N2O2. The third-order valence-electron chi connectivity index (χ3n) is 3.96. The summed E-state index contributed by atoms with van der Waals surface area (Å²) in [5, 5.41) is 6.33. The SMILES string of the molecule is CO[C@@H]1CNCC1NC(=O)C1Cc2ccccc21. The minimum atomic E-state index is 0.0271. The van der Waals surface area contributed by atoms with Gasteiger partial charge in [-0.1, -0.05) is 24.3 Å². The second kappa shape index (κ2) is 4.71. The number of nitrogens with one attached hydrogen (secondary N) is 2. The molecule has 1 aliphatic heterocycles. The second-order valence-corrected chi connectivity index (χ2v) is 5.00. The lowest BCUT2D eigenvalue weighted by molar-refractivity contribution is -0.124. The van der Waals surface area contributed by atoms with E-state index in [1.165, 1.54) is 11.1 Å². The van der Waals surface area contributed by atoms with Gasteiger partial charge in [0, 0.05) is 20.2 Å². The zero-order valence-corrected chi connectivity index (χ0v) is 10.5.